The molecule has 0 saturated heterocycles. The molecule has 0 aliphatic carbocycles. The molecular weight excluding hydrogens is 374 g/mol. The van der Waals surface area contributed by atoms with Crippen molar-refractivity contribution >= 4 is 10.9 Å². The fourth-order valence-corrected chi connectivity index (χ4v) is 3.68. The molecule has 3 aromatic carbocycles. The van der Waals surface area contributed by atoms with E-state index in [2.05, 4.69) is 57.4 Å². The fourth-order valence-electron chi connectivity index (χ4n) is 3.68. The highest BCUT2D eigenvalue weighted by Gasteiger charge is 2.16. The van der Waals surface area contributed by atoms with Crippen molar-refractivity contribution in [1.82, 2.24) is 14.8 Å². The van der Waals surface area contributed by atoms with Gasteiger partial charge in [0.15, 0.2) is 0 Å². The van der Waals surface area contributed by atoms with Crippen LogP contribution in [-0.4, -0.2) is 21.9 Å². The standard InChI is InChI=1S/C25H21N3O2/c1-29-20-13-11-19(12-14-20)16-28-17-22(21-9-5-6-10-23(21)28)25-27-26-24(30-25)15-18-7-3-2-4-8-18/h2-14,17H,15-16H2,1H3. The van der Waals surface area contributed by atoms with Gasteiger partial charge in [-0.1, -0.05) is 60.7 Å². The Morgan fingerprint density at radius 1 is 0.833 bits per heavy atom. The molecule has 30 heavy (non-hydrogen) atoms. The molecule has 0 bridgehead atoms. The Bertz CT molecular complexity index is 1270. The number of hydrogen-bond acceptors (Lipinski definition) is 4. The number of methoxy groups -OCH3 is 1. The predicted octanol–water partition coefficient (Wildman–Crippen LogP) is 5.34. The monoisotopic (exact) mass is 395 g/mol. The van der Waals surface area contributed by atoms with Crippen molar-refractivity contribution in [3.05, 3.63) is 102 Å². The maximum atomic E-state index is 6.02. The lowest BCUT2D eigenvalue weighted by Crippen LogP contribution is -1.97. The molecule has 0 atom stereocenters. The van der Waals surface area contributed by atoms with Gasteiger partial charge >= 0.3 is 0 Å². The molecule has 0 aliphatic heterocycles. The lowest BCUT2D eigenvalue weighted by atomic mass is 10.1. The first-order chi connectivity index (χ1) is 14.8. The van der Waals surface area contributed by atoms with Gasteiger partial charge in [-0.05, 0) is 29.3 Å². The molecule has 0 aliphatic rings. The van der Waals surface area contributed by atoms with Gasteiger partial charge in [0.05, 0.1) is 19.1 Å². The average molecular weight is 395 g/mol. The predicted molar refractivity (Wildman–Crippen MR) is 117 cm³/mol. The van der Waals surface area contributed by atoms with Crippen molar-refractivity contribution in [2.24, 2.45) is 0 Å². The molecule has 5 nitrogen and oxygen atoms in total. The van der Waals surface area contributed by atoms with Crippen LogP contribution in [0, 0.1) is 0 Å². The number of para-hydroxylation sites is 1. The number of aromatic nitrogens is 3. The van der Waals surface area contributed by atoms with Crippen molar-refractivity contribution in [3.8, 4) is 17.2 Å². The van der Waals surface area contributed by atoms with Crippen LogP contribution in [0.3, 0.4) is 0 Å². The molecule has 148 valence electrons. The van der Waals surface area contributed by atoms with Crippen LogP contribution < -0.4 is 4.74 Å². The number of hydrogen-bond donors (Lipinski definition) is 0. The quantitative estimate of drug-likeness (QED) is 0.389. The van der Waals surface area contributed by atoms with Gasteiger partial charge in [0.25, 0.3) is 0 Å². The largest absolute Gasteiger partial charge is 0.497 e. The summed E-state index contributed by atoms with van der Waals surface area (Å²) in [5.41, 5.74) is 4.42. The molecule has 5 aromatic rings. The summed E-state index contributed by atoms with van der Waals surface area (Å²) in [5.74, 6) is 2.02. The number of fused-ring (bicyclic) bond motifs is 1. The van der Waals surface area contributed by atoms with Gasteiger partial charge in [-0.2, -0.15) is 0 Å². The summed E-state index contributed by atoms with van der Waals surface area (Å²) in [6.45, 7) is 0.746. The van der Waals surface area contributed by atoms with Gasteiger partial charge < -0.3 is 13.7 Å². The highest BCUT2D eigenvalue weighted by molar-refractivity contribution is 5.94. The van der Waals surface area contributed by atoms with E-state index in [0.29, 0.717) is 18.2 Å². The molecule has 5 rings (SSSR count). The average Bonchev–Trinajstić information content (AvgIpc) is 3.40. The molecule has 0 unspecified atom stereocenters. The van der Waals surface area contributed by atoms with E-state index < -0.39 is 0 Å². The van der Waals surface area contributed by atoms with Crippen LogP contribution in [-0.2, 0) is 13.0 Å². The van der Waals surface area contributed by atoms with Gasteiger partial charge in [-0.25, -0.2) is 0 Å². The van der Waals surface area contributed by atoms with Crippen LogP contribution in [0.5, 0.6) is 5.75 Å². The van der Waals surface area contributed by atoms with E-state index in [9.17, 15) is 0 Å². The first kappa shape index (κ1) is 18.2. The van der Waals surface area contributed by atoms with Gasteiger partial charge in [0.2, 0.25) is 11.8 Å². The van der Waals surface area contributed by atoms with E-state index in [1.165, 1.54) is 5.56 Å². The van der Waals surface area contributed by atoms with E-state index in [0.717, 1.165) is 34.3 Å². The van der Waals surface area contributed by atoms with Crippen molar-refractivity contribution in [1.29, 1.82) is 0 Å². The second kappa shape index (κ2) is 7.87. The summed E-state index contributed by atoms with van der Waals surface area (Å²) in [5, 5.41) is 9.69. The highest BCUT2D eigenvalue weighted by atomic mass is 16.5. The second-order valence-electron chi connectivity index (χ2n) is 7.20. The van der Waals surface area contributed by atoms with Crippen LogP contribution in [0.2, 0.25) is 0 Å². The molecule has 2 aromatic heterocycles. The highest BCUT2D eigenvalue weighted by Crippen LogP contribution is 2.31. The normalized spacial score (nSPS) is 11.1. The maximum Gasteiger partial charge on any atom is 0.249 e. The summed E-state index contributed by atoms with van der Waals surface area (Å²) in [7, 11) is 1.68. The lowest BCUT2D eigenvalue weighted by molar-refractivity contribution is 0.414. The second-order valence-corrected chi connectivity index (χ2v) is 7.20. The zero-order chi connectivity index (χ0) is 20.3. The third-order valence-electron chi connectivity index (χ3n) is 5.20. The van der Waals surface area contributed by atoms with Crippen LogP contribution in [0.4, 0.5) is 0 Å². The molecule has 0 radical (unpaired) electrons. The van der Waals surface area contributed by atoms with Crippen LogP contribution in [0.1, 0.15) is 17.0 Å². The molecule has 0 saturated carbocycles. The molecular formula is C25H21N3O2. The number of benzene rings is 3. The summed E-state index contributed by atoms with van der Waals surface area (Å²) in [4.78, 5) is 0. The Labute approximate surface area is 174 Å². The third kappa shape index (κ3) is 3.57. The topological polar surface area (TPSA) is 53.1 Å². The Hall–Kier alpha value is -3.86. The van der Waals surface area contributed by atoms with E-state index in [1.54, 1.807) is 7.11 Å². The minimum absolute atomic E-state index is 0.547. The summed E-state index contributed by atoms with van der Waals surface area (Å²) < 4.78 is 13.5. The van der Waals surface area contributed by atoms with Crippen molar-refractivity contribution in [3.63, 3.8) is 0 Å². The van der Waals surface area contributed by atoms with Gasteiger partial charge in [0, 0.05) is 23.6 Å². The molecule has 5 heteroatoms. The van der Waals surface area contributed by atoms with Crippen LogP contribution in [0.15, 0.2) is 89.5 Å². The Balaban J connectivity index is 1.48. The van der Waals surface area contributed by atoms with Crippen LogP contribution >= 0.6 is 0 Å². The molecule has 2 heterocycles. The van der Waals surface area contributed by atoms with Gasteiger partial charge in [-0.15, -0.1) is 10.2 Å². The minimum Gasteiger partial charge on any atom is -0.497 e. The summed E-state index contributed by atoms with van der Waals surface area (Å²) in [6.07, 6.45) is 2.72. The summed E-state index contributed by atoms with van der Waals surface area (Å²) >= 11 is 0. The Morgan fingerprint density at radius 2 is 1.60 bits per heavy atom. The van der Waals surface area contributed by atoms with Gasteiger partial charge in [-0.3, -0.25) is 0 Å². The third-order valence-corrected chi connectivity index (χ3v) is 5.20. The molecule has 0 fully saturated rings. The van der Waals surface area contributed by atoms with Crippen molar-refractivity contribution in [2.45, 2.75) is 13.0 Å². The maximum absolute atomic E-state index is 6.02. The fraction of sp³-hybridized carbons (Fsp3) is 0.120. The zero-order valence-corrected chi connectivity index (χ0v) is 16.7. The van der Waals surface area contributed by atoms with E-state index >= 15 is 0 Å². The first-order valence-electron chi connectivity index (χ1n) is 9.87. The van der Waals surface area contributed by atoms with Crippen molar-refractivity contribution in [2.75, 3.05) is 7.11 Å². The molecule has 0 amide bonds. The number of rotatable bonds is 6. The number of nitrogens with zero attached hydrogens (tertiary/aromatic N) is 3. The smallest absolute Gasteiger partial charge is 0.249 e. The SMILES string of the molecule is COc1ccc(Cn2cc(-c3nnc(Cc4ccccc4)o3)c3ccccc32)cc1. The number of ether oxygens (including phenoxy) is 1. The van der Waals surface area contributed by atoms with Crippen LogP contribution in [0.25, 0.3) is 22.4 Å². The summed E-state index contributed by atoms with van der Waals surface area (Å²) in [6, 6.07) is 26.6. The van der Waals surface area contributed by atoms with E-state index in [1.807, 2.05) is 42.5 Å². The van der Waals surface area contributed by atoms with E-state index in [-0.39, 0.29) is 0 Å². The van der Waals surface area contributed by atoms with Crippen molar-refractivity contribution < 1.29 is 9.15 Å². The minimum atomic E-state index is 0.547. The zero-order valence-electron chi connectivity index (χ0n) is 16.7. The Kier molecular flexibility index (Phi) is 4.77. The Morgan fingerprint density at radius 3 is 2.40 bits per heavy atom. The van der Waals surface area contributed by atoms with E-state index in [4.69, 9.17) is 9.15 Å². The molecule has 0 spiro atoms. The lowest BCUT2D eigenvalue weighted by Gasteiger charge is -2.06. The van der Waals surface area contributed by atoms with Gasteiger partial charge in [0.1, 0.15) is 5.75 Å². The molecule has 0 N–H and O–H groups in total. The first-order valence-corrected chi connectivity index (χ1v) is 9.87.